The van der Waals surface area contributed by atoms with E-state index in [0.29, 0.717) is 12.6 Å². The van der Waals surface area contributed by atoms with Crippen molar-refractivity contribution < 1.29 is 9.53 Å². The van der Waals surface area contributed by atoms with Crippen molar-refractivity contribution >= 4 is 21.8 Å². The number of carbonyl (C=O) groups is 1. The van der Waals surface area contributed by atoms with Gasteiger partial charge in [0.05, 0.1) is 0 Å². The molecular weight excluding hydrogens is 332 g/mol. The number of halogens is 1. The third-order valence-corrected chi connectivity index (χ3v) is 3.72. The molecule has 114 valence electrons. The van der Waals surface area contributed by atoms with Crippen molar-refractivity contribution in [1.29, 1.82) is 0 Å². The first-order chi connectivity index (χ1) is 10.1. The second-order valence-electron chi connectivity index (χ2n) is 5.25. The van der Waals surface area contributed by atoms with E-state index in [-0.39, 0.29) is 12.5 Å². The van der Waals surface area contributed by atoms with Gasteiger partial charge in [0.25, 0.3) is 5.91 Å². The van der Waals surface area contributed by atoms with Crippen LogP contribution in [0.2, 0.25) is 0 Å². The number of nitrogens with one attached hydrogen (secondary N) is 2. The first kappa shape index (κ1) is 16.0. The number of hydrogen-bond donors (Lipinski definition) is 2. The zero-order chi connectivity index (χ0) is 15.2. The van der Waals surface area contributed by atoms with E-state index in [1.165, 1.54) is 12.8 Å². The maximum atomic E-state index is 11.6. The van der Waals surface area contributed by atoms with Gasteiger partial charge in [-0.05, 0) is 37.5 Å². The zero-order valence-electron chi connectivity index (χ0n) is 12.2. The van der Waals surface area contributed by atoms with Crippen molar-refractivity contribution in [1.82, 2.24) is 10.6 Å². The molecule has 0 unspecified atom stereocenters. The Morgan fingerprint density at radius 1 is 1.52 bits per heavy atom. The van der Waals surface area contributed by atoms with E-state index in [4.69, 9.17) is 4.74 Å². The SMILES string of the molecule is C=CCNC(=O)COc1c(C)cc(Br)cc1CNC1CC1. The van der Waals surface area contributed by atoms with Crippen LogP contribution in [0.15, 0.2) is 29.3 Å². The lowest BCUT2D eigenvalue weighted by molar-refractivity contribution is -0.122. The quantitative estimate of drug-likeness (QED) is 0.707. The normalized spacial score (nSPS) is 13.8. The van der Waals surface area contributed by atoms with Crippen LogP contribution >= 0.6 is 15.9 Å². The number of ether oxygens (including phenoxy) is 1. The number of aryl methyl sites for hydroxylation is 1. The van der Waals surface area contributed by atoms with E-state index in [1.54, 1.807) is 6.08 Å². The van der Waals surface area contributed by atoms with E-state index in [1.807, 2.05) is 19.1 Å². The summed E-state index contributed by atoms with van der Waals surface area (Å²) in [7, 11) is 0. The van der Waals surface area contributed by atoms with Gasteiger partial charge in [0, 0.05) is 29.2 Å². The molecule has 0 radical (unpaired) electrons. The first-order valence-corrected chi connectivity index (χ1v) is 7.92. The van der Waals surface area contributed by atoms with Gasteiger partial charge in [-0.25, -0.2) is 0 Å². The van der Waals surface area contributed by atoms with Crippen molar-refractivity contribution in [3.8, 4) is 5.75 Å². The minimum absolute atomic E-state index is 0.0206. The minimum atomic E-state index is -0.140. The minimum Gasteiger partial charge on any atom is -0.483 e. The number of amides is 1. The number of rotatable bonds is 8. The van der Waals surface area contributed by atoms with E-state index in [2.05, 4.69) is 33.1 Å². The Labute approximate surface area is 134 Å². The standard InChI is InChI=1S/C16H21BrN2O2/c1-3-6-18-15(20)10-21-16-11(2)7-13(17)8-12(16)9-19-14-4-5-14/h3,7-8,14,19H,1,4-6,9-10H2,2H3,(H,18,20). The predicted molar refractivity (Wildman–Crippen MR) is 87.4 cm³/mol. The van der Waals surface area contributed by atoms with E-state index in [9.17, 15) is 4.79 Å². The number of carbonyl (C=O) groups excluding carboxylic acids is 1. The average Bonchev–Trinajstić information content (AvgIpc) is 3.25. The highest BCUT2D eigenvalue weighted by molar-refractivity contribution is 9.10. The summed E-state index contributed by atoms with van der Waals surface area (Å²) in [6, 6.07) is 4.67. The molecule has 0 aliphatic heterocycles. The fourth-order valence-electron chi connectivity index (χ4n) is 2.05. The summed E-state index contributed by atoms with van der Waals surface area (Å²) in [6.07, 6.45) is 4.13. The summed E-state index contributed by atoms with van der Waals surface area (Å²) >= 11 is 3.51. The van der Waals surface area contributed by atoms with E-state index >= 15 is 0 Å². The second-order valence-corrected chi connectivity index (χ2v) is 6.16. The average molecular weight is 353 g/mol. The van der Waals surface area contributed by atoms with Crippen LogP contribution in [0.1, 0.15) is 24.0 Å². The topological polar surface area (TPSA) is 50.4 Å². The molecule has 1 aliphatic carbocycles. The van der Waals surface area contributed by atoms with Crippen LogP contribution in [-0.2, 0) is 11.3 Å². The zero-order valence-corrected chi connectivity index (χ0v) is 13.8. The lowest BCUT2D eigenvalue weighted by Gasteiger charge is -2.15. The first-order valence-electron chi connectivity index (χ1n) is 7.13. The molecule has 2 N–H and O–H groups in total. The summed E-state index contributed by atoms with van der Waals surface area (Å²) in [4.78, 5) is 11.6. The lowest BCUT2D eigenvalue weighted by Crippen LogP contribution is -2.29. The monoisotopic (exact) mass is 352 g/mol. The summed E-state index contributed by atoms with van der Waals surface area (Å²) in [5.74, 6) is 0.651. The molecule has 5 heteroatoms. The van der Waals surface area contributed by atoms with Gasteiger partial charge >= 0.3 is 0 Å². The second kappa shape index (κ2) is 7.61. The molecule has 1 amide bonds. The fourth-order valence-corrected chi connectivity index (χ4v) is 2.67. The van der Waals surface area contributed by atoms with Crippen molar-refractivity contribution in [3.05, 3.63) is 40.4 Å². The summed E-state index contributed by atoms with van der Waals surface area (Å²) in [5.41, 5.74) is 2.10. The molecule has 1 saturated carbocycles. The van der Waals surface area contributed by atoms with Crippen LogP contribution in [0, 0.1) is 6.92 Å². The van der Waals surface area contributed by atoms with Crippen molar-refractivity contribution in [3.63, 3.8) is 0 Å². The van der Waals surface area contributed by atoms with Gasteiger partial charge in [-0.2, -0.15) is 0 Å². The van der Waals surface area contributed by atoms with E-state index in [0.717, 1.165) is 27.9 Å². The molecule has 0 aromatic heterocycles. The Bertz CT molecular complexity index is 527. The molecule has 1 aromatic rings. The van der Waals surface area contributed by atoms with Crippen molar-refractivity contribution in [2.75, 3.05) is 13.2 Å². The molecule has 0 bridgehead atoms. The summed E-state index contributed by atoms with van der Waals surface area (Å²) in [5, 5.41) is 6.18. The Morgan fingerprint density at radius 3 is 2.95 bits per heavy atom. The number of benzene rings is 1. The molecule has 21 heavy (non-hydrogen) atoms. The van der Waals surface area contributed by atoms with Gasteiger partial charge in [-0.15, -0.1) is 6.58 Å². The highest BCUT2D eigenvalue weighted by Crippen LogP contribution is 2.29. The predicted octanol–water partition coefficient (Wildman–Crippen LogP) is 2.69. The Morgan fingerprint density at radius 2 is 2.29 bits per heavy atom. The molecule has 1 aliphatic rings. The lowest BCUT2D eigenvalue weighted by atomic mass is 10.1. The molecule has 4 nitrogen and oxygen atoms in total. The van der Waals surface area contributed by atoms with Gasteiger partial charge in [0.1, 0.15) is 5.75 Å². The Kier molecular flexibility index (Phi) is 5.82. The highest BCUT2D eigenvalue weighted by atomic mass is 79.9. The molecule has 0 saturated heterocycles. The van der Waals surface area contributed by atoms with Gasteiger partial charge in [0.2, 0.25) is 0 Å². The van der Waals surface area contributed by atoms with Gasteiger partial charge < -0.3 is 15.4 Å². The van der Waals surface area contributed by atoms with Crippen LogP contribution in [0.5, 0.6) is 5.75 Å². The smallest absolute Gasteiger partial charge is 0.258 e. The van der Waals surface area contributed by atoms with Crippen molar-refractivity contribution in [2.45, 2.75) is 32.4 Å². The molecule has 0 heterocycles. The third kappa shape index (κ3) is 5.17. The van der Waals surface area contributed by atoms with Crippen LogP contribution < -0.4 is 15.4 Å². The number of hydrogen-bond acceptors (Lipinski definition) is 3. The molecule has 1 aromatic carbocycles. The molecular formula is C16H21BrN2O2. The molecule has 2 rings (SSSR count). The fraction of sp³-hybridized carbons (Fsp3) is 0.438. The summed E-state index contributed by atoms with van der Waals surface area (Å²) in [6.45, 7) is 6.79. The van der Waals surface area contributed by atoms with Crippen LogP contribution in [0.25, 0.3) is 0 Å². The van der Waals surface area contributed by atoms with Gasteiger partial charge in [0.15, 0.2) is 6.61 Å². The third-order valence-electron chi connectivity index (χ3n) is 3.27. The van der Waals surface area contributed by atoms with Crippen LogP contribution in [0.4, 0.5) is 0 Å². The van der Waals surface area contributed by atoms with E-state index < -0.39 is 0 Å². The Balaban J connectivity index is 2.01. The highest BCUT2D eigenvalue weighted by Gasteiger charge is 2.21. The maximum Gasteiger partial charge on any atom is 0.258 e. The molecule has 1 fully saturated rings. The largest absolute Gasteiger partial charge is 0.483 e. The maximum absolute atomic E-state index is 11.6. The summed E-state index contributed by atoms with van der Waals surface area (Å²) < 4.78 is 6.75. The van der Waals surface area contributed by atoms with Gasteiger partial charge in [-0.3, -0.25) is 4.79 Å². The van der Waals surface area contributed by atoms with Crippen molar-refractivity contribution in [2.24, 2.45) is 0 Å². The van der Waals surface area contributed by atoms with Gasteiger partial charge in [-0.1, -0.05) is 22.0 Å². The molecule has 0 spiro atoms. The van der Waals surface area contributed by atoms with Crippen LogP contribution in [-0.4, -0.2) is 25.1 Å². The Hall–Kier alpha value is -1.33. The van der Waals surface area contributed by atoms with Crippen LogP contribution in [0.3, 0.4) is 0 Å². The molecule has 0 atom stereocenters.